The van der Waals surface area contributed by atoms with Crippen molar-refractivity contribution in [3.63, 3.8) is 0 Å². The van der Waals surface area contributed by atoms with Crippen LogP contribution in [-0.4, -0.2) is 10.7 Å². The quantitative estimate of drug-likeness (QED) is 0.784. The minimum atomic E-state index is 0.164. The van der Waals surface area contributed by atoms with Gasteiger partial charge in [0.15, 0.2) is 5.11 Å². The Balaban J connectivity index is 1.90. The first kappa shape index (κ1) is 13.8. The lowest BCUT2D eigenvalue weighted by Gasteiger charge is -2.35. The molecule has 1 saturated carbocycles. The van der Waals surface area contributed by atoms with E-state index in [4.69, 9.17) is 12.2 Å². The Morgan fingerprint density at radius 2 is 1.78 bits per heavy atom. The van der Waals surface area contributed by atoms with Crippen LogP contribution >= 0.6 is 28.1 Å². The summed E-state index contributed by atoms with van der Waals surface area (Å²) in [7, 11) is 0. The Morgan fingerprint density at radius 3 is 2.39 bits per heavy atom. The number of thiocarbonyl (C=S) groups is 1. The summed E-state index contributed by atoms with van der Waals surface area (Å²) in [5.41, 5.74) is 1.19. The number of nitrogens with one attached hydrogen (secondary N) is 2. The molecule has 0 amide bonds. The third-order valence-corrected chi connectivity index (χ3v) is 4.21. The van der Waals surface area contributed by atoms with Crippen LogP contribution in [0.3, 0.4) is 0 Å². The summed E-state index contributed by atoms with van der Waals surface area (Å²) in [6, 6.07) is 8.04. The zero-order chi connectivity index (χ0) is 13.0. The van der Waals surface area contributed by atoms with E-state index in [1.54, 1.807) is 0 Å². The second-order valence-electron chi connectivity index (χ2n) is 5.21. The second-order valence-corrected chi connectivity index (χ2v) is 6.53. The van der Waals surface area contributed by atoms with Gasteiger partial charge in [0.05, 0.1) is 0 Å². The number of hydrogen-bond donors (Lipinski definition) is 2. The highest BCUT2D eigenvalue weighted by Crippen LogP contribution is 2.27. The van der Waals surface area contributed by atoms with Crippen molar-refractivity contribution in [2.24, 2.45) is 0 Å². The smallest absolute Gasteiger partial charge is 0.171 e. The fourth-order valence-electron chi connectivity index (χ4n) is 2.43. The highest BCUT2D eigenvalue weighted by atomic mass is 79.9. The molecule has 1 aliphatic rings. The number of anilines is 1. The van der Waals surface area contributed by atoms with Crippen molar-refractivity contribution < 1.29 is 0 Å². The molecule has 0 radical (unpaired) electrons. The van der Waals surface area contributed by atoms with E-state index in [0.29, 0.717) is 0 Å². The molecule has 18 heavy (non-hydrogen) atoms. The Labute approximate surface area is 123 Å². The SMILES string of the molecule is CC1(NC(=S)Nc2ccc(Br)cc2)CCCCC1. The molecule has 98 valence electrons. The Morgan fingerprint density at radius 1 is 1.17 bits per heavy atom. The predicted molar refractivity (Wildman–Crippen MR) is 85.0 cm³/mol. The van der Waals surface area contributed by atoms with Crippen LogP contribution in [0.2, 0.25) is 0 Å². The van der Waals surface area contributed by atoms with E-state index in [9.17, 15) is 0 Å². The molecule has 0 aromatic heterocycles. The fourth-order valence-corrected chi connectivity index (χ4v) is 3.06. The summed E-state index contributed by atoms with van der Waals surface area (Å²) in [5, 5.41) is 7.43. The lowest BCUT2D eigenvalue weighted by atomic mass is 9.83. The van der Waals surface area contributed by atoms with Crippen molar-refractivity contribution in [3.05, 3.63) is 28.7 Å². The maximum Gasteiger partial charge on any atom is 0.171 e. The Bertz CT molecular complexity index is 410. The first-order valence-corrected chi connectivity index (χ1v) is 7.62. The topological polar surface area (TPSA) is 24.1 Å². The minimum absolute atomic E-state index is 0.164. The average Bonchev–Trinajstić information content (AvgIpc) is 2.32. The number of halogens is 1. The molecule has 0 atom stereocenters. The molecular formula is C14H19BrN2S. The minimum Gasteiger partial charge on any atom is -0.357 e. The molecule has 1 fully saturated rings. The van der Waals surface area contributed by atoms with Crippen molar-refractivity contribution in [2.75, 3.05) is 5.32 Å². The van der Waals surface area contributed by atoms with E-state index in [0.717, 1.165) is 15.3 Å². The first-order valence-electron chi connectivity index (χ1n) is 6.42. The van der Waals surface area contributed by atoms with Crippen LogP contribution in [0.15, 0.2) is 28.7 Å². The van der Waals surface area contributed by atoms with Crippen LogP contribution in [0.25, 0.3) is 0 Å². The molecule has 0 aliphatic heterocycles. The summed E-state index contributed by atoms with van der Waals surface area (Å²) in [6.07, 6.45) is 6.35. The van der Waals surface area contributed by atoms with E-state index in [1.165, 1.54) is 32.1 Å². The molecule has 0 unspecified atom stereocenters. The summed E-state index contributed by atoms with van der Waals surface area (Å²) < 4.78 is 1.08. The van der Waals surface area contributed by atoms with Crippen molar-refractivity contribution in [2.45, 2.75) is 44.6 Å². The van der Waals surface area contributed by atoms with E-state index < -0.39 is 0 Å². The van der Waals surface area contributed by atoms with E-state index in [-0.39, 0.29) is 5.54 Å². The summed E-state index contributed by atoms with van der Waals surface area (Å²) in [4.78, 5) is 0. The monoisotopic (exact) mass is 326 g/mol. The van der Waals surface area contributed by atoms with Crippen molar-refractivity contribution >= 4 is 38.9 Å². The molecule has 0 bridgehead atoms. The van der Waals surface area contributed by atoms with Crippen LogP contribution in [0, 0.1) is 0 Å². The normalized spacial score (nSPS) is 18.1. The van der Waals surface area contributed by atoms with Gasteiger partial charge in [-0.15, -0.1) is 0 Å². The highest BCUT2D eigenvalue weighted by Gasteiger charge is 2.27. The van der Waals surface area contributed by atoms with Crippen LogP contribution in [-0.2, 0) is 0 Å². The predicted octanol–water partition coefficient (Wildman–Crippen LogP) is 4.46. The van der Waals surface area contributed by atoms with Crippen molar-refractivity contribution in [1.29, 1.82) is 0 Å². The molecule has 1 aliphatic carbocycles. The van der Waals surface area contributed by atoms with Crippen LogP contribution < -0.4 is 10.6 Å². The zero-order valence-electron chi connectivity index (χ0n) is 10.6. The Kier molecular flexibility index (Phi) is 4.62. The molecule has 1 aromatic carbocycles. The lowest BCUT2D eigenvalue weighted by Crippen LogP contribution is -2.48. The van der Waals surface area contributed by atoms with Crippen LogP contribution in [0.5, 0.6) is 0 Å². The van der Waals surface area contributed by atoms with Crippen molar-refractivity contribution in [1.82, 2.24) is 5.32 Å². The lowest BCUT2D eigenvalue weighted by molar-refractivity contribution is 0.292. The van der Waals surface area contributed by atoms with Gasteiger partial charge in [0, 0.05) is 15.7 Å². The molecule has 0 spiro atoms. The molecule has 2 rings (SSSR count). The fraction of sp³-hybridized carbons (Fsp3) is 0.500. The highest BCUT2D eigenvalue weighted by molar-refractivity contribution is 9.10. The third kappa shape index (κ3) is 3.95. The summed E-state index contributed by atoms with van der Waals surface area (Å²) in [6.45, 7) is 2.27. The van der Waals surface area contributed by atoms with E-state index in [2.05, 4.69) is 33.5 Å². The molecule has 4 heteroatoms. The molecule has 1 aromatic rings. The maximum absolute atomic E-state index is 5.39. The van der Waals surface area contributed by atoms with Gasteiger partial charge in [0.2, 0.25) is 0 Å². The standard InChI is InChI=1S/C14H19BrN2S/c1-14(9-3-2-4-10-14)17-13(18)16-12-7-5-11(15)6-8-12/h5-8H,2-4,9-10H2,1H3,(H2,16,17,18). The molecule has 2 nitrogen and oxygen atoms in total. The van der Waals surface area contributed by atoms with Gasteiger partial charge in [-0.25, -0.2) is 0 Å². The van der Waals surface area contributed by atoms with Crippen LogP contribution in [0.4, 0.5) is 5.69 Å². The first-order chi connectivity index (χ1) is 8.57. The third-order valence-electron chi connectivity index (χ3n) is 3.47. The molecule has 2 N–H and O–H groups in total. The second kappa shape index (κ2) is 6.02. The molecule has 0 heterocycles. The van der Waals surface area contributed by atoms with E-state index >= 15 is 0 Å². The van der Waals surface area contributed by atoms with Gasteiger partial charge in [-0.2, -0.15) is 0 Å². The van der Waals surface area contributed by atoms with Gasteiger partial charge in [-0.1, -0.05) is 35.2 Å². The summed E-state index contributed by atoms with van der Waals surface area (Å²) in [5.74, 6) is 0. The number of rotatable bonds is 2. The van der Waals surface area contributed by atoms with Gasteiger partial charge in [0.25, 0.3) is 0 Å². The van der Waals surface area contributed by atoms with Crippen molar-refractivity contribution in [3.8, 4) is 0 Å². The van der Waals surface area contributed by atoms with E-state index in [1.807, 2.05) is 24.3 Å². The zero-order valence-corrected chi connectivity index (χ0v) is 13.0. The van der Waals surface area contributed by atoms with Gasteiger partial charge < -0.3 is 10.6 Å². The Hall–Kier alpha value is -0.610. The average molecular weight is 327 g/mol. The van der Waals surface area contributed by atoms with Gasteiger partial charge in [0.1, 0.15) is 0 Å². The number of hydrogen-bond acceptors (Lipinski definition) is 1. The maximum atomic E-state index is 5.39. The van der Waals surface area contributed by atoms with Gasteiger partial charge >= 0.3 is 0 Å². The number of benzene rings is 1. The summed E-state index contributed by atoms with van der Waals surface area (Å²) >= 11 is 8.81. The van der Waals surface area contributed by atoms with Crippen LogP contribution in [0.1, 0.15) is 39.0 Å². The van der Waals surface area contributed by atoms with Gasteiger partial charge in [-0.05, 0) is 56.2 Å². The molecule has 0 saturated heterocycles. The molecular weight excluding hydrogens is 308 g/mol. The largest absolute Gasteiger partial charge is 0.357 e. The van der Waals surface area contributed by atoms with Gasteiger partial charge in [-0.3, -0.25) is 0 Å².